The maximum atomic E-state index is 10.1. The number of nitrogens with zero attached hydrogens (tertiary/aromatic N) is 1. The molecule has 1 heterocycles. The molecule has 0 amide bonds. The number of hydrogen-bond donors (Lipinski definition) is 1. The van der Waals surface area contributed by atoms with Crippen molar-refractivity contribution in [2.24, 2.45) is 0 Å². The van der Waals surface area contributed by atoms with Gasteiger partial charge >= 0.3 is 148 Å². The molecule has 1 aromatic heterocycles. The molecule has 0 radical (unpaired) electrons. The Labute approximate surface area is 148 Å². The molecule has 0 unspecified atom stereocenters. The van der Waals surface area contributed by atoms with Gasteiger partial charge < -0.3 is 0 Å². The van der Waals surface area contributed by atoms with Crippen molar-refractivity contribution in [3.05, 3.63) is 109 Å². The van der Waals surface area contributed by atoms with Crippen LogP contribution in [0, 0.1) is 0 Å². The fourth-order valence-electron chi connectivity index (χ4n) is 3.58. The molecular formula is C22H20NOP. The van der Waals surface area contributed by atoms with Crippen molar-refractivity contribution in [3.63, 3.8) is 0 Å². The second-order valence-corrected chi connectivity index (χ2v) is 9.75. The summed E-state index contributed by atoms with van der Waals surface area (Å²) in [6, 6.07) is 33.6. The van der Waals surface area contributed by atoms with Gasteiger partial charge in [0, 0.05) is 0 Å². The summed E-state index contributed by atoms with van der Waals surface area (Å²) in [7, 11) is -2.52. The van der Waals surface area contributed by atoms with E-state index in [0.717, 1.165) is 0 Å². The molecular weight excluding hydrogens is 325 g/mol. The van der Waals surface area contributed by atoms with E-state index in [4.69, 9.17) is 0 Å². The molecule has 0 saturated heterocycles. The van der Waals surface area contributed by atoms with Crippen LogP contribution < -0.4 is 15.9 Å². The molecule has 3 heteroatoms. The molecule has 0 fully saturated rings. The van der Waals surface area contributed by atoms with Crippen LogP contribution in [0.25, 0.3) is 0 Å². The third-order valence-corrected chi connectivity index (χ3v) is 9.20. The fraction of sp³-hybridized carbons (Fsp3) is 0. The summed E-state index contributed by atoms with van der Waals surface area (Å²) in [6.45, 7) is 0. The molecule has 124 valence electrons. The second kappa shape index (κ2) is 6.58. The van der Waals surface area contributed by atoms with Crippen molar-refractivity contribution in [1.82, 2.24) is 4.34 Å². The van der Waals surface area contributed by atoms with E-state index in [2.05, 4.69) is 77.1 Å². The molecule has 0 spiro atoms. The van der Waals surface area contributed by atoms with Gasteiger partial charge in [0.15, 0.2) is 0 Å². The van der Waals surface area contributed by atoms with Crippen LogP contribution in [0.5, 0.6) is 5.75 Å². The molecule has 3 aromatic carbocycles. The Morgan fingerprint density at radius 3 is 1.28 bits per heavy atom. The zero-order valence-corrected chi connectivity index (χ0v) is 14.8. The molecule has 0 bridgehead atoms. The van der Waals surface area contributed by atoms with E-state index in [9.17, 15) is 5.11 Å². The van der Waals surface area contributed by atoms with Crippen molar-refractivity contribution in [2.45, 2.75) is 0 Å². The standard InChI is InChI=1S/C22H20NOP/c24-19-16-17-23(18-19)25(20-10-4-1-5-11-20,21-12-6-2-7-13-21)22-14-8-3-9-15-22/h1-18,24-25H. The Hall–Kier alpha value is -2.83. The van der Waals surface area contributed by atoms with Crippen LogP contribution in [0.2, 0.25) is 0 Å². The Morgan fingerprint density at radius 2 is 0.960 bits per heavy atom. The first-order valence-electron chi connectivity index (χ1n) is 8.36. The quantitative estimate of drug-likeness (QED) is 0.561. The zero-order chi connectivity index (χ0) is 17.1. The van der Waals surface area contributed by atoms with Crippen molar-refractivity contribution in [2.75, 3.05) is 0 Å². The first-order valence-corrected chi connectivity index (χ1v) is 10.3. The van der Waals surface area contributed by atoms with Crippen molar-refractivity contribution >= 4 is 23.3 Å². The summed E-state index contributed by atoms with van der Waals surface area (Å²) >= 11 is 0. The summed E-state index contributed by atoms with van der Waals surface area (Å²) in [6.07, 6.45) is 3.84. The van der Waals surface area contributed by atoms with Gasteiger partial charge in [0.1, 0.15) is 0 Å². The van der Waals surface area contributed by atoms with Gasteiger partial charge in [0.2, 0.25) is 0 Å². The van der Waals surface area contributed by atoms with E-state index in [1.165, 1.54) is 15.9 Å². The number of aromatic nitrogens is 1. The van der Waals surface area contributed by atoms with Gasteiger partial charge in [0.25, 0.3) is 0 Å². The SMILES string of the molecule is Oc1ccn([PH](c2ccccc2)(c2ccccc2)c2ccccc2)c1. The molecule has 0 aliphatic rings. The van der Waals surface area contributed by atoms with Gasteiger partial charge in [-0.15, -0.1) is 0 Å². The van der Waals surface area contributed by atoms with E-state index in [0.29, 0.717) is 5.75 Å². The van der Waals surface area contributed by atoms with Gasteiger partial charge in [-0.1, -0.05) is 0 Å². The average molecular weight is 345 g/mol. The van der Waals surface area contributed by atoms with E-state index in [1.54, 1.807) is 6.07 Å². The van der Waals surface area contributed by atoms with Crippen molar-refractivity contribution < 1.29 is 5.11 Å². The monoisotopic (exact) mass is 345 g/mol. The molecule has 0 saturated carbocycles. The second-order valence-electron chi connectivity index (χ2n) is 6.09. The minimum absolute atomic E-state index is 0.291. The molecule has 0 aliphatic carbocycles. The molecule has 0 atom stereocenters. The van der Waals surface area contributed by atoms with Crippen LogP contribution in [0.4, 0.5) is 0 Å². The molecule has 4 aromatic rings. The van der Waals surface area contributed by atoms with Crippen LogP contribution in [-0.2, 0) is 0 Å². The summed E-state index contributed by atoms with van der Waals surface area (Å²) in [4.78, 5) is 0. The van der Waals surface area contributed by atoms with Crippen LogP contribution in [0.1, 0.15) is 0 Å². The number of aromatic hydroxyl groups is 1. The number of benzene rings is 3. The summed E-state index contributed by atoms with van der Waals surface area (Å²) < 4.78 is 2.22. The Morgan fingerprint density at radius 1 is 0.560 bits per heavy atom. The summed E-state index contributed by atoms with van der Waals surface area (Å²) in [5.41, 5.74) is 0. The zero-order valence-electron chi connectivity index (χ0n) is 13.8. The van der Waals surface area contributed by atoms with Gasteiger partial charge in [-0.3, -0.25) is 0 Å². The van der Waals surface area contributed by atoms with Crippen LogP contribution in [0.15, 0.2) is 109 Å². The van der Waals surface area contributed by atoms with Crippen LogP contribution in [0.3, 0.4) is 0 Å². The molecule has 1 N–H and O–H groups in total. The number of hydrogen-bond acceptors (Lipinski definition) is 1. The molecule has 2 nitrogen and oxygen atoms in total. The average Bonchev–Trinajstić information content (AvgIpc) is 3.12. The normalized spacial score (nSPS) is 12.0. The van der Waals surface area contributed by atoms with Crippen molar-refractivity contribution in [1.29, 1.82) is 0 Å². The minimum atomic E-state index is -2.52. The fourth-order valence-corrected chi connectivity index (χ4v) is 8.12. The van der Waals surface area contributed by atoms with Gasteiger partial charge in [-0.05, 0) is 0 Å². The van der Waals surface area contributed by atoms with E-state index < -0.39 is 7.41 Å². The Kier molecular flexibility index (Phi) is 4.13. The predicted molar refractivity (Wildman–Crippen MR) is 108 cm³/mol. The van der Waals surface area contributed by atoms with Crippen LogP contribution in [-0.4, -0.2) is 9.44 Å². The molecule has 0 aliphatic heterocycles. The van der Waals surface area contributed by atoms with Crippen molar-refractivity contribution in [3.8, 4) is 5.75 Å². The Bertz CT molecular complexity index is 852. The third-order valence-electron chi connectivity index (χ3n) is 4.64. The predicted octanol–water partition coefficient (Wildman–Crippen LogP) is 3.68. The molecule has 25 heavy (non-hydrogen) atoms. The Balaban J connectivity index is 2.12. The first kappa shape index (κ1) is 15.7. The van der Waals surface area contributed by atoms with E-state index in [1.807, 2.05) is 30.6 Å². The first-order chi connectivity index (χ1) is 12.3. The maximum absolute atomic E-state index is 10.1. The summed E-state index contributed by atoms with van der Waals surface area (Å²) in [5.74, 6) is 0.291. The number of rotatable bonds is 4. The third kappa shape index (κ3) is 2.65. The van der Waals surface area contributed by atoms with E-state index >= 15 is 0 Å². The van der Waals surface area contributed by atoms with Gasteiger partial charge in [0.05, 0.1) is 0 Å². The van der Waals surface area contributed by atoms with E-state index in [-0.39, 0.29) is 0 Å². The summed E-state index contributed by atoms with van der Waals surface area (Å²) in [5, 5.41) is 13.9. The molecule has 4 rings (SSSR count). The van der Waals surface area contributed by atoms with Gasteiger partial charge in [-0.2, -0.15) is 0 Å². The van der Waals surface area contributed by atoms with Crippen LogP contribution >= 0.6 is 7.41 Å². The van der Waals surface area contributed by atoms with Gasteiger partial charge in [-0.25, -0.2) is 0 Å². The topological polar surface area (TPSA) is 25.2 Å².